The van der Waals surface area contributed by atoms with E-state index in [4.69, 9.17) is 14.6 Å². The molecule has 0 aliphatic carbocycles. The van der Waals surface area contributed by atoms with Gasteiger partial charge >= 0.3 is 5.97 Å². The minimum Gasteiger partial charge on any atom is -0.493 e. The van der Waals surface area contributed by atoms with Crippen molar-refractivity contribution in [3.8, 4) is 11.5 Å². The van der Waals surface area contributed by atoms with E-state index in [1.165, 1.54) is 0 Å². The number of rotatable bonds is 5. The first-order valence-corrected chi connectivity index (χ1v) is 8.08. The van der Waals surface area contributed by atoms with Crippen molar-refractivity contribution in [2.45, 2.75) is 11.8 Å². The second-order valence-corrected chi connectivity index (χ2v) is 6.23. The molecular formula is C19H17NO5. The first-order chi connectivity index (χ1) is 12.1. The van der Waals surface area contributed by atoms with Crippen molar-refractivity contribution in [2.75, 3.05) is 25.1 Å². The molecule has 2 aromatic rings. The van der Waals surface area contributed by atoms with Crippen LogP contribution in [-0.4, -0.2) is 37.1 Å². The highest BCUT2D eigenvalue weighted by Crippen LogP contribution is 2.47. The molecule has 2 aliphatic heterocycles. The number of hydrogen-bond acceptors (Lipinski definition) is 5. The summed E-state index contributed by atoms with van der Waals surface area (Å²) >= 11 is 0. The Kier molecular flexibility index (Phi) is 3.60. The van der Waals surface area contributed by atoms with Gasteiger partial charge in [0.1, 0.15) is 36.4 Å². The predicted molar refractivity (Wildman–Crippen MR) is 90.5 cm³/mol. The summed E-state index contributed by atoms with van der Waals surface area (Å²) in [4.78, 5) is 23.1. The van der Waals surface area contributed by atoms with Crippen LogP contribution in [0.3, 0.4) is 0 Å². The molecule has 128 valence electrons. The third kappa shape index (κ3) is 2.41. The lowest BCUT2D eigenvalue weighted by Crippen LogP contribution is -2.32. The second-order valence-electron chi connectivity index (χ2n) is 6.23. The molecule has 2 heterocycles. The van der Waals surface area contributed by atoms with Crippen molar-refractivity contribution < 1.29 is 24.2 Å². The van der Waals surface area contributed by atoms with Crippen LogP contribution >= 0.6 is 0 Å². The van der Waals surface area contributed by atoms with Gasteiger partial charge < -0.3 is 24.7 Å². The van der Waals surface area contributed by atoms with Crippen LogP contribution in [0, 0.1) is 0 Å². The van der Waals surface area contributed by atoms with Crippen LogP contribution in [0.1, 0.15) is 16.7 Å². The van der Waals surface area contributed by atoms with Crippen LogP contribution in [0.5, 0.6) is 11.5 Å². The number of carboxylic acid groups (broad SMARTS) is 1. The Balaban J connectivity index is 1.83. The zero-order valence-corrected chi connectivity index (χ0v) is 13.5. The van der Waals surface area contributed by atoms with E-state index in [0.29, 0.717) is 23.6 Å². The Labute approximate surface area is 144 Å². The Morgan fingerprint density at radius 2 is 2.04 bits per heavy atom. The minimum atomic E-state index is -0.965. The number of fused-ring (bicyclic) bond motifs is 2. The lowest BCUT2D eigenvalue weighted by molar-refractivity contribution is -0.134. The third-order valence-electron chi connectivity index (χ3n) is 4.77. The molecule has 0 fully saturated rings. The van der Waals surface area contributed by atoms with Gasteiger partial charge in [0.15, 0.2) is 0 Å². The number of nitrogens with one attached hydrogen (secondary N) is 1. The van der Waals surface area contributed by atoms with E-state index in [2.05, 4.69) is 5.32 Å². The molecule has 0 aromatic heterocycles. The summed E-state index contributed by atoms with van der Waals surface area (Å²) in [6.07, 6.45) is 1.69. The largest absolute Gasteiger partial charge is 0.493 e. The number of carbonyl (C=O) groups excluding carboxylic acids is 1. The molecule has 2 aliphatic rings. The highest BCUT2D eigenvalue weighted by atomic mass is 16.5. The normalized spacial score (nSPS) is 20.2. The number of carboxylic acids is 1. The first-order valence-electron chi connectivity index (χ1n) is 8.08. The summed E-state index contributed by atoms with van der Waals surface area (Å²) in [5, 5.41) is 11.8. The average Bonchev–Trinajstić information content (AvgIpc) is 3.22. The van der Waals surface area contributed by atoms with Gasteiger partial charge in [-0.05, 0) is 23.3 Å². The molecule has 0 radical (unpaired) electrons. The number of benzene rings is 2. The van der Waals surface area contributed by atoms with Gasteiger partial charge in [-0.15, -0.1) is 0 Å². The van der Waals surface area contributed by atoms with E-state index in [-0.39, 0.29) is 13.2 Å². The van der Waals surface area contributed by atoms with Gasteiger partial charge in [0, 0.05) is 23.7 Å². The number of aliphatic carboxylic acids is 1. The zero-order chi connectivity index (χ0) is 17.4. The summed E-state index contributed by atoms with van der Waals surface area (Å²) in [6.45, 7) is 0.585. The number of anilines is 1. The van der Waals surface area contributed by atoms with Crippen molar-refractivity contribution in [1.29, 1.82) is 0 Å². The second kappa shape index (κ2) is 5.81. The van der Waals surface area contributed by atoms with E-state index in [9.17, 15) is 9.59 Å². The fraction of sp³-hybridized carbons (Fsp3) is 0.263. The fourth-order valence-corrected chi connectivity index (χ4v) is 3.53. The highest BCUT2D eigenvalue weighted by molar-refractivity contribution is 5.84. The standard InChI is InChI=1S/C19H17NO5/c21-10-19(13-3-1-2-4-15(13)20-9-18(22)23)11-25-17-8-16-12(5-6-24-16)7-14(17)19/h1-4,7-8,10,20H,5-6,9,11H2,(H,22,23). The van der Waals surface area contributed by atoms with Crippen molar-refractivity contribution in [1.82, 2.24) is 0 Å². The molecule has 0 amide bonds. The molecule has 6 nitrogen and oxygen atoms in total. The number of carbonyl (C=O) groups is 2. The molecule has 4 rings (SSSR count). The lowest BCUT2D eigenvalue weighted by Gasteiger charge is -2.25. The van der Waals surface area contributed by atoms with Crippen LogP contribution in [-0.2, 0) is 21.4 Å². The molecule has 0 saturated heterocycles. The molecule has 1 atom stereocenters. The summed E-state index contributed by atoms with van der Waals surface area (Å²) in [5.41, 5.74) is 2.23. The SMILES string of the molecule is O=CC1(c2ccccc2NCC(=O)O)COc2cc3c(cc21)CCO3. The molecule has 6 heteroatoms. The number of ether oxygens (including phenoxy) is 2. The Morgan fingerprint density at radius 3 is 2.84 bits per heavy atom. The van der Waals surface area contributed by atoms with Gasteiger partial charge in [0.25, 0.3) is 0 Å². The van der Waals surface area contributed by atoms with Crippen LogP contribution in [0.4, 0.5) is 5.69 Å². The topological polar surface area (TPSA) is 84.9 Å². The summed E-state index contributed by atoms with van der Waals surface area (Å²) in [5.74, 6) is 0.478. The maximum atomic E-state index is 12.2. The van der Waals surface area contributed by atoms with Gasteiger partial charge in [0.05, 0.1) is 6.61 Å². The van der Waals surface area contributed by atoms with E-state index in [1.807, 2.05) is 24.3 Å². The zero-order valence-electron chi connectivity index (χ0n) is 13.5. The van der Waals surface area contributed by atoms with Crippen molar-refractivity contribution in [3.63, 3.8) is 0 Å². The van der Waals surface area contributed by atoms with E-state index >= 15 is 0 Å². The van der Waals surface area contributed by atoms with E-state index in [0.717, 1.165) is 29.6 Å². The average molecular weight is 339 g/mol. The van der Waals surface area contributed by atoms with Gasteiger partial charge in [0.2, 0.25) is 0 Å². The van der Waals surface area contributed by atoms with Gasteiger partial charge in [-0.25, -0.2) is 0 Å². The maximum Gasteiger partial charge on any atom is 0.322 e. The molecule has 0 spiro atoms. The van der Waals surface area contributed by atoms with Crippen LogP contribution in [0.15, 0.2) is 36.4 Å². The third-order valence-corrected chi connectivity index (χ3v) is 4.77. The van der Waals surface area contributed by atoms with Gasteiger partial charge in [-0.2, -0.15) is 0 Å². The molecular weight excluding hydrogens is 322 g/mol. The van der Waals surface area contributed by atoms with E-state index < -0.39 is 11.4 Å². The van der Waals surface area contributed by atoms with Crippen molar-refractivity contribution in [2.24, 2.45) is 0 Å². The molecule has 0 bridgehead atoms. The first kappa shape index (κ1) is 15.5. The van der Waals surface area contributed by atoms with Crippen LogP contribution in [0.25, 0.3) is 0 Å². The van der Waals surface area contributed by atoms with E-state index in [1.54, 1.807) is 12.1 Å². The van der Waals surface area contributed by atoms with Crippen LogP contribution in [0.2, 0.25) is 0 Å². The quantitative estimate of drug-likeness (QED) is 0.811. The van der Waals surface area contributed by atoms with Crippen molar-refractivity contribution in [3.05, 3.63) is 53.1 Å². The number of hydrogen-bond donors (Lipinski definition) is 2. The smallest absolute Gasteiger partial charge is 0.322 e. The van der Waals surface area contributed by atoms with Gasteiger partial charge in [-0.1, -0.05) is 18.2 Å². The Morgan fingerprint density at radius 1 is 1.20 bits per heavy atom. The predicted octanol–water partition coefficient (Wildman–Crippen LogP) is 2.00. The fourth-order valence-electron chi connectivity index (χ4n) is 3.53. The number of aldehydes is 1. The summed E-state index contributed by atoms with van der Waals surface area (Å²) in [6, 6.07) is 11.1. The summed E-state index contributed by atoms with van der Waals surface area (Å²) < 4.78 is 11.4. The Hall–Kier alpha value is -3.02. The molecule has 2 aromatic carbocycles. The molecule has 25 heavy (non-hydrogen) atoms. The molecule has 0 saturated carbocycles. The van der Waals surface area contributed by atoms with Crippen LogP contribution < -0.4 is 14.8 Å². The maximum absolute atomic E-state index is 12.2. The summed E-state index contributed by atoms with van der Waals surface area (Å²) in [7, 11) is 0. The van der Waals surface area contributed by atoms with Gasteiger partial charge in [-0.3, -0.25) is 4.79 Å². The monoisotopic (exact) mass is 339 g/mol. The van der Waals surface area contributed by atoms with Crippen molar-refractivity contribution >= 4 is 17.9 Å². The number of para-hydroxylation sites is 1. The highest BCUT2D eigenvalue weighted by Gasteiger charge is 2.44. The molecule has 1 unspecified atom stereocenters. The molecule has 2 N–H and O–H groups in total. The Bertz CT molecular complexity index is 863. The minimum absolute atomic E-state index is 0.181. The lowest BCUT2D eigenvalue weighted by atomic mass is 9.76.